The van der Waals surface area contributed by atoms with E-state index in [1.807, 2.05) is 0 Å². The molecule has 0 radical (unpaired) electrons. The van der Waals surface area contributed by atoms with Crippen molar-refractivity contribution in [3.05, 3.63) is 53.1 Å². The summed E-state index contributed by atoms with van der Waals surface area (Å²) in [5.74, 6) is 0.227. The van der Waals surface area contributed by atoms with Gasteiger partial charge in [-0.3, -0.25) is 0 Å². The molecule has 2 aromatic carbocycles. The van der Waals surface area contributed by atoms with Gasteiger partial charge in [0, 0.05) is 0 Å². The average Bonchev–Trinajstić information content (AvgIpc) is 2.72. The van der Waals surface area contributed by atoms with E-state index >= 15 is 0 Å². The van der Waals surface area contributed by atoms with Gasteiger partial charge in [0.2, 0.25) is 0 Å². The van der Waals surface area contributed by atoms with Crippen LogP contribution in [0.1, 0.15) is 68.1 Å². The van der Waals surface area contributed by atoms with E-state index in [1.54, 1.807) is 12.1 Å². The zero-order valence-corrected chi connectivity index (χ0v) is 17.5. The van der Waals surface area contributed by atoms with Gasteiger partial charge in [0.15, 0.2) is 0 Å². The number of rotatable bonds is 5. The van der Waals surface area contributed by atoms with Gasteiger partial charge in [0.1, 0.15) is 11.3 Å². The molecule has 0 atom stereocenters. The van der Waals surface area contributed by atoms with Crippen LogP contribution in [0.3, 0.4) is 0 Å². The fraction of sp³-hybridized carbons (Fsp3) is 0.500. The molecule has 31 heavy (non-hydrogen) atoms. The van der Waals surface area contributed by atoms with Gasteiger partial charge in [0.25, 0.3) is 0 Å². The molecular weight excluding hydrogens is 418 g/mol. The third-order valence-corrected chi connectivity index (χ3v) is 6.19. The van der Waals surface area contributed by atoms with Crippen molar-refractivity contribution in [1.29, 1.82) is 0 Å². The standard InChI is InChI=1S/C24H26F6O/c1-3-4-15-5-7-16(8-6-15)17-9-11-18(12-10-17)19-13-14-20(31-2)22(24(28,29)30)21(19)23(25,26)27/h9-16H,3-8H2,1-2H3. The van der Waals surface area contributed by atoms with E-state index in [0.29, 0.717) is 5.92 Å². The third-order valence-electron chi connectivity index (χ3n) is 6.19. The summed E-state index contributed by atoms with van der Waals surface area (Å²) in [5.41, 5.74) is -2.88. The second kappa shape index (κ2) is 9.13. The minimum Gasteiger partial charge on any atom is -0.496 e. The van der Waals surface area contributed by atoms with Crippen molar-refractivity contribution >= 4 is 0 Å². The fourth-order valence-electron chi connectivity index (χ4n) is 4.70. The molecule has 1 fully saturated rings. The largest absolute Gasteiger partial charge is 0.496 e. The summed E-state index contributed by atoms with van der Waals surface area (Å²) in [5, 5.41) is 0. The van der Waals surface area contributed by atoms with Crippen LogP contribution in [0.25, 0.3) is 11.1 Å². The average molecular weight is 444 g/mol. The normalized spacial score (nSPS) is 20.0. The highest BCUT2D eigenvalue weighted by atomic mass is 19.4. The molecule has 1 aliphatic rings. The molecule has 1 saturated carbocycles. The SMILES string of the molecule is CCCC1CCC(c2ccc(-c3ccc(OC)c(C(F)(F)F)c3C(F)(F)F)cc2)CC1. The second-order valence-electron chi connectivity index (χ2n) is 8.19. The maximum Gasteiger partial charge on any atom is 0.420 e. The lowest BCUT2D eigenvalue weighted by Crippen LogP contribution is -2.19. The van der Waals surface area contributed by atoms with Crippen LogP contribution >= 0.6 is 0 Å². The highest BCUT2D eigenvalue weighted by Gasteiger charge is 2.47. The Kier molecular flexibility index (Phi) is 6.92. The molecule has 0 bridgehead atoms. The Morgan fingerprint density at radius 2 is 1.39 bits per heavy atom. The first-order chi connectivity index (χ1) is 14.6. The molecule has 170 valence electrons. The maximum absolute atomic E-state index is 13.8. The molecule has 1 aliphatic carbocycles. The van der Waals surface area contributed by atoms with Crippen LogP contribution in [0.4, 0.5) is 26.3 Å². The van der Waals surface area contributed by atoms with Crippen LogP contribution in [0.5, 0.6) is 5.75 Å². The highest BCUT2D eigenvalue weighted by molar-refractivity contribution is 5.72. The minimum atomic E-state index is -5.21. The molecule has 0 aromatic heterocycles. The number of halogens is 6. The monoisotopic (exact) mass is 444 g/mol. The summed E-state index contributed by atoms with van der Waals surface area (Å²) in [7, 11) is 0.925. The molecular formula is C24H26F6O. The van der Waals surface area contributed by atoms with Crippen LogP contribution in [0.2, 0.25) is 0 Å². The molecule has 0 saturated heterocycles. The Labute approximate surface area is 178 Å². The van der Waals surface area contributed by atoms with Crippen molar-refractivity contribution in [2.75, 3.05) is 7.11 Å². The van der Waals surface area contributed by atoms with Gasteiger partial charge in [0.05, 0.1) is 12.7 Å². The van der Waals surface area contributed by atoms with Crippen LogP contribution in [-0.2, 0) is 12.4 Å². The van der Waals surface area contributed by atoms with E-state index in [1.165, 1.54) is 18.6 Å². The Hall–Kier alpha value is -2.18. The van der Waals surface area contributed by atoms with E-state index in [4.69, 9.17) is 0 Å². The van der Waals surface area contributed by atoms with E-state index in [0.717, 1.165) is 62.8 Å². The van der Waals surface area contributed by atoms with E-state index in [9.17, 15) is 26.3 Å². The zero-order valence-electron chi connectivity index (χ0n) is 17.5. The van der Waals surface area contributed by atoms with Crippen molar-refractivity contribution < 1.29 is 31.1 Å². The third kappa shape index (κ3) is 5.18. The van der Waals surface area contributed by atoms with Crippen LogP contribution in [0, 0.1) is 5.92 Å². The number of ether oxygens (including phenoxy) is 1. The smallest absolute Gasteiger partial charge is 0.420 e. The summed E-state index contributed by atoms with van der Waals surface area (Å²) in [4.78, 5) is 0. The van der Waals surface area contributed by atoms with Gasteiger partial charge in [-0.25, -0.2) is 0 Å². The highest BCUT2D eigenvalue weighted by Crippen LogP contribution is 2.49. The van der Waals surface area contributed by atoms with Gasteiger partial charge in [-0.2, -0.15) is 26.3 Å². The number of alkyl halides is 6. The lowest BCUT2D eigenvalue weighted by molar-refractivity contribution is -0.162. The fourth-order valence-corrected chi connectivity index (χ4v) is 4.70. The predicted molar refractivity (Wildman–Crippen MR) is 108 cm³/mol. The Morgan fingerprint density at radius 1 is 0.806 bits per heavy atom. The minimum absolute atomic E-state index is 0.101. The first kappa shape index (κ1) is 23.5. The summed E-state index contributed by atoms with van der Waals surface area (Å²) in [6.45, 7) is 2.17. The van der Waals surface area contributed by atoms with Crippen LogP contribution < -0.4 is 4.74 Å². The number of hydrogen-bond donors (Lipinski definition) is 0. The van der Waals surface area contributed by atoms with Gasteiger partial charge < -0.3 is 4.74 Å². The van der Waals surface area contributed by atoms with Gasteiger partial charge in [-0.1, -0.05) is 50.1 Å². The number of hydrogen-bond acceptors (Lipinski definition) is 1. The van der Waals surface area contributed by atoms with Crippen LogP contribution in [0.15, 0.2) is 36.4 Å². The second-order valence-corrected chi connectivity index (χ2v) is 8.19. The summed E-state index contributed by atoms with van der Waals surface area (Å²) in [6.07, 6.45) is -3.71. The molecule has 0 aliphatic heterocycles. The number of benzene rings is 2. The van der Waals surface area contributed by atoms with E-state index in [-0.39, 0.29) is 5.56 Å². The van der Waals surface area contributed by atoms with Gasteiger partial charge in [-0.15, -0.1) is 0 Å². The summed E-state index contributed by atoms with van der Waals surface area (Å²) < 4.78 is 86.5. The quantitative estimate of drug-likeness (QED) is 0.420. The number of methoxy groups -OCH3 is 1. The molecule has 0 unspecified atom stereocenters. The predicted octanol–water partition coefficient (Wildman–Crippen LogP) is 8.47. The van der Waals surface area contributed by atoms with Crippen molar-refractivity contribution in [3.63, 3.8) is 0 Å². The first-order valence-electron chi connectivity index (χ1n) is 10.5. The molecule has 0 amide bonds. The Morgan fingerprint density at radius 3 is 1.87 bits per heavy atom. The first-order valence-corrected chi connectivity index (χ1v) is 10.5. The molecule has 1 nitrogen and oxygen atoms in total. The van der Waals surface area contributed by atoms with Crippen molar-refractivity contribution in [3.8, 4) is 16.9 Å². The van der Waals surface area contributed by atoms with Gasteiger partial charge in [-0.05, 0) is 60.3 Å². The van der Waals surface area contributed by atoms with Gasteiger partial charge >= 0.3 is 12.4 Å². The molecule has 7 heteroatoms. The molecule has 0 heterocycles. The van der Waals surface area contributed by atoms with Crippen LogP contribution in [-0.4, -0.2) is 7.11 Å². The Balaban J connectivity index is 1.96. The lowest BCUT2D eigenvalue weighted by atomic mass is 9.77. The van der Waals surface area contributed by atoms with Crippen molar-refractivity contribution in [2.24, 2.45) is 5.92 Å². The molecule has 0 N–H and O–H groups in total. The van der Waals surface area contributed by atoms with E-state index in [2.05, 4.69) is 11.7 Å². The van der Waals surface area contributed by atoms with E-state index < -0.39 is 34.8 Å². The molecule has 0 spiro atoms. The molecule has 2 aromatic rings. The molecule has 3 rings (SSSR count). The topological polar surface area (TPSA) is 9.23 Å². The lowest BCUT2D eigenvalue weighted by Gasteiger charge is -2.28. The Bertz CT molecular complexity index is 875. The maximum atomic E-state index is 13.8. The summed E-state index contributed by atoms with van der Waals surface area (Å²) >= 11 is 0. The zero-order chi connectivity index (χ0) is 22.8. The summed E-state index contributed by atoms with van der Waals surface area (Å²) in [6, 6.07) is 8.46. The van der Waals surface area contributed by atoms with Crippen molar-refractivity contribution in [2.45, 2.75) is 63.7 Å². The van der Waals surface area contributed by atoms with Crippen molar-refractivity contribution in [1.82, 2.24) is 0 Å².